The van der Waals surface area contributed by atoms with E-state index in [0.29, 0.717) is 34.6 Å². The molecule has 3 heterocycles. The van der Waals surface area contributed by atoms with Crippen LogP contribution in [0.5, 0.6) is 5.88 Å². The number of anilines is 1. The number of carbonyl (C=O) groups is 1. The SMILES string of the molecule is COCCOc1ncccc1C(=O)Nc1nnc(-c2ccccn2)s1. The lowest BCUT2D eigenvalue weighted by Crippen LogP contribution is -2.15. The summed E-state index contributed by atoms with van der Waals surface area (Å²) in [4.78, 5) is 20.8. The zero-order valence-corrected chi connectivity index (χ0v) is 14.2. The Balaban J connectivity index is 1.72. The third kappa shape index (κ3) is 4.34. The van der Waals surface area contributed by atoms with Gasteiger partial charge in [-0.05, 0) is 24.3 Å². The molecule has 0 fully saturated rings. The predicted molar refractivity (Wildman–Crippen MR) is 92.7 cm³/mol. The second-order valence-corrected chi connectivity index (χ2v) is 5.76. The van der Waals surface area contributed by atoms with Gasteiger partial charge >= 0.3 is 0 Å². The molecule has 0 spiro atoms. The fourth-order valence-corrected chi connectivity index (χ4v) is 2.65. The molecule has 3 rings (SSSR count). The molecule has 25 heavy (non-hydrogen) atoms. The Kier molecular flexibility index (Phi) is 5.60. The molecule has 0 aliphatic heterocycles. The quantitative estimate of drug-likeness (QED) is 0.648. The number of amides is 1. The zero-order valence-electron chi connectivity index (χ0n) is 13.4. The monoisotopic (exact) mass is 357 g/mol. The summed E-state index contributed by atoms with van der Waals surface area (Å²) < 4.78 is 10.4. The molecule has 0 bridgehead atoms. The number of nitrogens with one attached hydrogen (secondary N) is 1. The van der Waals surface area contributed by atoms with Crippen molar-refractivity contribution in [3.63, 3.8) is 0 Å². The first-order chi connectivity index (χ1) is 12.3. The molecular weight excluding hydrogens is 342 g/mol. The minimum absolute atomic E-state index is 0.242. The van der Waals surface area contributed by atoms with Gasteiger partial charge in [0.05, 0.1) is 6.61 Å². The van der Waals surface area contributed by atoms with Crippen LogP contribution in [0.3, 0.4) is 0 Å². The lowest BCUT2D eigenvalue weighted by molar-refractivity contribution is 0.101. The third-order valence-electron chi connectivity index (χ3n) is 3.07. The van der Waals surface area contributed by atoms with Crippen molar-refractivity contribution in [3.05, 3.63) is 48.3 Å². The molecule has 0 unspecified atom stereocenters. The van der Waals surface area contributed by atoms with Crippen LogP contribution in [0, 0.1) is 0 Å². The fraction of sp³-hybridized carbons (Fsp3) is 0.188. The van der Waals surface area contributed by atoms with Gasteiger partial charge in [0, 0.05) is 19.5 Å². The van der Waals surface area contributed by atoms with Crippen LogP contribution in [0.2, 0.25) is 0 Å². The van der Waals surface area contributed by atoms with Crippen LogP contribution in [-0.2, 0) is 4.74 Å². The molecule has 128 valence electrons. The molecule has 0 saturated heterocycles. The van der Waals surface area contributed by atoms with Gasteiger partial charge in [-0.15, -0.1) is 10.2 Å². The highest BCUT2D eigenvalue weighted by atomic mass is 32.1. The summed E-state index contributed by atoms with van der Waals surface area (Å²) >= 11 is 1.24. The number of hydrogen-bond acceptors (Lipinski definition) is 8. The van der Waals surface area contributed by atoms with E-state index in [1.165, 1.54) is 11.3 Å². The maximum Gasteiger partial charge on any atom is 0.262 e. The molecular formula is C16H15N5O3S. The van der Waals surface area contributed by atoms with Crippen LogP contribution in [0.25, 0.3) is 10.7 Å². The summed E-state index contributed by atoms with van der Waals surface area (Å²) in [6, 6.07) is 8.81. The Morgan fingerprint density at radius 3 is 2.80 bits per heavy atom. The summed E-state index contributed by atoms with van der Waals surface area (Å²) in [6.07, 6.45) is 3.23. The maximum absolute atomic E-state index is 12.5. The Morgan fingerprint density at radius 1 is 1.12 bits per heavy atom. The van der Waals surface area contributed by atoms with Gasteiger partial charge < -0.3 is 9.47 Å². The lowest BCUT2D eigenvalue weighted by Gasteiger charge is -2.08. The van der Waals surface area contributed by atoms with E-state index in [0.717, 1.165) is 0 Å². The Bertz CT molecular complexity index is 841. The van der Waals surface area contributed by atoms with E-state index in [9.17, 15) is 4.79 Å². The molecule has 9 heteroatoms. The smallest absolute Gasteiger partial charge is 0.262 e. The van der Waals surface area contributed by atoms with Crippen molar-refractivity contribution in [1.29, 1.82) is 0 Å². The molecule has 1 N–H and O–H groups in total. The summed E-state index contributed by atoms with van der Waals surface area (Å²) in [7, 11) is 1.57. The van der Waals surface area contributed by atoms with Crippen molar-refractivity contribution in [3.8, 4) is 16.6 Å². The molecule has 8 nitrogen and oxygen atoms in total. The van der Waals surface area contributed by atoms with Crippen LogP contribution in [-0.4, -0.2) is 46.4 Å². The molecule has 0 aliphatic rings. The van der Waals surface area contributed by atoms with Gasteiger partial charge in [-0.2, -0.15) is 0 Å². The average Bonchev–Trinajstić information content (AvgIpc) is 3.11. The predicted octanol–water partition coefficient (Wildman–Crippen LogP) is 2.27. The van der Waals surface area contributed by atoms with Crippen molar-refractivity contribution < 1.29 is 14.3 Å². The number of aromatic nitrogens is 4. The summed E-state index contributed by atoms with van der Waals surface area (Å²) in [5.74, 6) is -0.129. The normalized spacial score (nSPS) is 10.4. The van der Waals surface area contributed by atoms with Crippen molar-refractivity contribution in [2.75, 3.05) is 25.6 Å². The van der Waals surface area contributed by atoms with Crippen molar-refractivity contribution in [2.24, 2.45) is 0 Å². The minimum Gasteiger partial charge on any atom is -0.475 e. The van der Waals surface area contributed by atoms with Crippen LogP contribution in [0.15, 0.2) is 42.7 Å². The number of pyridine rings is 2. The maximum atomic E-state index is 12.5. The first-order valence-electron chi connectivity index (χ1n) is 7.41. The number of carbonyl (C=O) groups excluding carboxylic acids is 1. The Hall–Kier alpha value is -2.91. The van der Waals surface area contributed by atoms with Crippen LogP contribution in [0.1, 0.15) is 10.4 Å². The highest BCUT2D eigenvalue weighted by Crippen LogP contribution is 2.25. The third-order valence-corrected chi connectivity index (χ3v) is 3.93. The fourth-order valence-electron chi connectivity index (χ4n) is 1.93. The van der Waals surface area contributed by atoms with Crippen molar-refractivity contribution in [2.45, 2.75) is 0 Å². The van der Waals surface area contributed by atoms with Gasteiger partial charge in [0.2, 0.25) is 11.0 Å². The van der Waals surface area contributed by atoms with Gasteiger partial charge in [0.15, 0.2) is 5.01 Å². The molecule has 3 aromatic rings. The number of rotatable bonds is 7. The first-order valence-corrected chi connectivity index (χ1v) is 8.22. The van der Waals surface area contributed by atoms with E-state index in [1.54, 1.807) is 31.6 Å². The molecule has 0 saturated carbocycles. The van der Waals surface area contributed by atoms with E-state index in [2.05, 4.69) is 25.5 Å². The number of nitrogens with zero attached hydrogens (tertiary/aromatic N) is 4. The Morgan fingerprint density at radius 2 is 2.00 bits per heavy atom. The van der Waals surface area contributed by atoms with Crippen molar-refractivity contribution >= 4 is 22.4 Å². The van der Waals surface area contributed by atoms with Crippen LogP contribution < -0.4 is 10.1 Å². The molecule has 1 amide bonds. The van der Waals surface area contributed by atoms with E-state index in [-0.39, 0.29) is 11.8 Å². The summed E-state index contributed by atoms with van der Waals surface area (Å²) in [6.45, 7) is 0.706. The zero-order chi connectivity index (χ0) is 17.5. The highest BCUT2D eigenvalue weighted by molar-refractivity contribution is 7.18. The van der Waals surface area contributed by atoms with Crippen molar-refractivity contribution in [1.82, 2.24) is 20.2 Å². The molecule has 0 atom stereocenters. The first kappa shape index (κ1) is 16.9. The number of hydrogen-bond donors (Lipinski definition) is 1. The van der Waals surface area contributed by atoms with E-state index >= 15 is 0 Å². The number of methoxy groups -OCH3 is 1. The van der Waals surface area contributed by atoms with Gasteiger partial charge in [-0.3, -0.25) is 15.1 Å². The Labute approximate surface area is 147 Å². The topological polar surface area (TPSA) is 99.1 Å². The molecule has 3 aromatic heterocycles. The van der Waals surface area contributed by atoms with Crippen LogP contribution >= 0.6 is 11.3 Å². The van der Waals surface area contributed by atoms with E-state index < -0.39 is 0 Å². The van der Waals surface area contributed by atoms with Gasteiger partial charge in [0.1, 0.15) is 17.9 Å². The summed E-state index contributed by atoms with van der Waals surface area (Å²) in [5, 5.41) is 11.7. The van der Waals surface area contributed by atoms with Crippen LogP contribution in [0.4, 0.5) is 5.13 Å². The van der Waals surface area contributed by atoms with E-state index in [1.807, 2.05) is 18.2 Å². The average molecular weight is 357 g/mol. The van der Waals surface area contributed by atoms with E-state index in [4.69, 9.17) is 9.47 Å². The molecule has 0 aliphatic carbocycles. The minimum atomic E-state index is -0.371. The standard InChI is InChI=1S/C16H15N5O3S/c1-23-9-10-24-14-11(5-4-8-18-14)13(22)19-16-21-20-15(25-16)12-6-2-3-7-17-12/h2-8H,9-10H2,1H3,(H,19,21,22). The van der Waals surface area contributed by atoms with Gasteiger partial charge in [0.25, 0.3) is 5.91 Å². The lowest BCUT2D eigenvalue weighted by atomic mass is 10.2. The van der Waals surface area contributed by atoms with Gasteiger partial charge in [-0.25, -0.2) is 4.98 Å². The van der Waals surface area contributed by atoms with Gasteiger partial charge in [-0.1, -0.05) is 17.4 Å². The second-order valence-electron chi connectivity index (χ2n) is 4.78. The summed E-state index contributed by atoms with van der Waals surface area (Å²) in [5.41, 5.74) is 1.01. The molecule has 0 radical (unpaired) electrons. The largest absolute Gasteiger partial charge is 0.475 e. The molecule has 0 aromatic carbocycles. The highest BCUT2D eigenvalue weighted by Gasteiger charge is 2.16. The second kappa shape index (κ2) is 8.27. The number of ether oxygens (including phenoxy) is 2.